The number of Topliss-reactive ketones (excluding diaryl/α,β-unsaturated/α-hetero) is 1. The maximum Gasteiger partial charge on any atom is 0.139 e. The Hall–Kier alpha value is -1.38. The normalized spacial score (nSPS) is 27.8. The molecule has 0 amide bonds. The highest BCUT2D eigenvalue weighted by molar-refractivity contribution is 5.86. The van der Waals surface area contributed by atoms with Crippen LogP contribution in [0.2, 0.25) is 0 Å². The largest absolute Gasteiger partial charge is 0.411 e. The highest BCUT2D eigenvalue weighted by Gasteiger charge is 2.25. The van der Waals surface area contributed by atoms with E-state index in [-0.39, 0.29) is 0 Å². The molecule has 21 heavy (non-hydrogen) atoms. The Balaban J connectivity index is 0.000000173. The molecule has 1 saturated carbocycles. The fourth-order valence-corrected chi connectivity index (χ4v) is 3.33. The lowest BCUT2D eigenvalue weighted by Crippen LogP contribution is -2.21. The highest BCUT2D eigenvalue weighted by atomic mass is 16.4. The van der Waals surface area contributed by atoms with Crippen LogP contribution in [0, 0.1) is 5.92 Å². The zero-order valence-electron chi connectivity index (χ0n) is 12.9. The van der Waals surface area contributed by atoms with Gasteiger partial charge in [0, 0.05) is 18.8 Å². The topological polar surface area (TPSA) is 49.7 Å². The summed E-state index contributed by atoms with van der Waals surface area (Å²) >= 11 is 0. The van der Waals surface area contributed by atoms with Gasteiger partial charge in [-0.05, 0) is 51.4 Å². The lowest BCUT2D eigenvalue weighted by Gasteiger charge is -2.25. The van der Waals surface area contributed by atoms with E-state index < -0.39 is 0 Å². The van der Waals surface area contributed by atoms with Crippen molar-refractivity contribution in [2.45, 2.75) is 70.6 Å². The Morgan fingerprint density at radius 3 is 2.43 bits per heavy atom. The van der Waals surface area contributed by atoms with Crippen LogP contribution in [0.15, 0.2) is 29.0 Å². The van der Waals surface area contributed by atoms with Crippen LogP contribution in [0.1, 0.15) is 70.6 Å². The Labute approximate surface area is 127 Å². The molecule has 1 atom stereocenters. The average Bonchev–Trinajstić information content (AvgIpc) is 2.57. The van der Waals surface area contributed by atoms with Gasteiger partial charge in [0.05, 0.1) is 5.71 Å². The number of hydrogen-bond acceptors (Lipinski definition) is 3. The van der Waals surface area contributed by atoms with Crippen molar-refractivity contribution in [3.05, 3.63) is 23.8 Å². The summed E-state index contributed by atoms with van der Waals surface area (Å²) in [6.07, 6.45) is 18.6. The predicted octanol–water partition coefficient (Wildman–Crippen LogP) is 4.80. The van der Waals surface area contributed by atoms with Crippen molar-refractivity contribution in [3.8, 4) is 0 Å². The number of allylic oxidation sites excluding steroid dienone is 4. The second-order valence-corrected chi connectivity index (χ2v) is 6.17. The van der Waals surface area contributed by atoms with E-state index in [1.54, 1.807) is 0 Å². The first-order valence-electron chi connectivity index (χ1n) is 8.37. The van der Waals surface area contributed by atoms with E-state index in [1.165, 1.54) is 37.7 Å². The van der Waals surface area contributed by atoms with Crippen LogP contribution in [0.3, 0.4) is 0 Å². The number of rotatable bonds is 1. The van der Waals surface area contributed by atoms with E-state index >= 15 is 0 Å². The van der Waals surface area contributed by atoms with Gasteiger partial charge in [-0.15, -0.1) is 0 Å². The second-order valence-electron chi connectivity index (χ2n) is 6.17. The smallest absolute Gasteiger partial charge is 0.139 e. The molecule has 1 unspecified atom stereocenters. The molecule has 3 aliphatic rings. The molecule has 3 rings (SSSR count). The monoisotopic (exact) mass is 289 g/mol. The van der Waals surface area contributed by atoms with Crippen molar-refractivity contribution in [2.75, 3.05) is 0 Å². The molecule has 0 aromatic rings. The molecule has 0 aliphatic heterocycles. The van der Waals surface area contributed by atoms with Crippen LogP contribution in [-0.2, 0) is 4.79 Å². The summed E-state index contributed by atoms with van der Waals surface area (Å²) in [7, 11) is 0. The van der Waals surface area contributed by atoms with Gasteiger partial charge in [-0.3, -0.25) is 4.79 Å². The number of ketones is 1. The molecule has 0 saturated heterocycles. The molecule has 0 radical (unpaired) electrons. The van der Waals surface area contributed by atoms with Crippen molar-refractivity contribution in [1.29, 1.82) is 0 Å². The molecule has 3 nitrogen and oxygen atoms in total. The van der Waals surface area contributed by atoms with Gasteiger partial charge in [0.2, 0.25) is 0 Å². The van der Waals surface area contributed by atoms with Crippen LogP contribution >= 0.6 is 0 Å². The van der Waals surface area contributed by atoms with E-state index in [9.17, 15) is 4.79 Å². The first-order chi connectivity index (χ1) is 10.3. The third kappa shape index (κ3) is 5.14. The maximum absolute atomic E-state index is 11.7. The Morgan fingerprint density at radius 2 is 1.86 bits per heavy atom. The van der Waals surface area contributed by atoms with E-state index in [4.69, 9.17) is 5.21 Å². The number of carbonyl (C=O) groups is 1. The number of nitrogens with zero attached hydrogens (tertiary/aromatic N) is 1. The molecule has 3 heteroatoms. The van der Waals surface area contributed by atoms with Gasteiger partial charge in [0.15, 0.2) is 0 Å². The molecule has 0 spiro atoms. The van der Waals surface area contributed by atoms with Crippen LogP contribution < -0.4 is 0 Å². The number of hydrogen-bond donors (Lipinski definition) is 1. The van der Waals surface area contributed by atoms with Gasteiger partial charge in [-0.1, -0.05) is 35.4 Å². The minimum absolute atomic E-state index is 0.328. The minimum atomic E-state index is 0.328. The van der Waals surface area contributed by atoms with Gasteiger partial charge < -0.3 is 5.21 Å². The molecule has 1 fully saturated rings. The van der Waals surface area contributed by atoms with Gasteiger partial charge in [0.25, 0.3) is 0 Å². The third-order valence-corrected chi connectivity index (χ3v) is 4.59. The molecule has 0 aromatic heterocycles. The van der Waals surface area contributed by atoms with Crippen LogP contribution in [0.5, 0.6) is 0 Å². The fourth-order valence-electron chi connectivity index (χ4n) is 3.33. The zero-order chi connectivity index (χ0) is 14.9. The quantitative estimate of drug-likeness (QED) is 0.428. The van der Waals surface area contributed by atoms with Gasteiger partial charge >= 0.3 is 0 Å². The fraction of sp³-hybridized carbons (Fsp3) is 0.667. The van der Waals surface area contributed by atoms with Crippen molar-refractivity contribution in [3.63, 3.8) is 0 Å². The summed E-state index contributed by atoms with van der Waals surface area (Å²) in [5, 5.41) is 11.4. The maximum atomic E-state index is 11.7. The van der Waals surface area contributed by atoms with Crippen molar-refractivity contribution in [1.82, 2.24) is 0 Å². The third-order valence-electron chi connectivity index (χ3n) is 4.59. The molecular weight excluding hydrogens is 262 g/mol. The number of oxime groups is 1. The second kappa shape index (κ2) is 8.81. The Kier molecular flexibility index (Phi) is 6.71. The molecular formula is C18H27NO2. The first-order valence-corrected chi connectivity index (χ1v) is 8.37. The van der Waals surface area contributed by atoms with Gasteiger partial charge in [-0.25, -0.2) is 0 Å². The summed E-state index contributed by atoms with van der Waals surface area (Å²) in [4.78, 5) is 11.7. The van der Waals surface area contributed by atoms with E-state index in [0.29, 0.717) is 11.7 Å². The van der Waals surface area contributed by atoms with Crippen molar-refractivity contribution in [2.24, 2.45) is 11.1 Å². The van der Waals surface area contributed by atoms with Crippen LogP contribution in [0.4, 0.5) is 0 Å². The first kappa shape index (κ1) is 16.0. The predicted molar refractivity (Wildman–Crippen MR) is 85.7 cm³/mol. The van der Waals surface area contributed by atoms with E-state index in [1.807, 2.05) is 6.08 Å². The van der Waals surface area contributed by atoms with Crippen molar-refractivity contribution >= 4 is 11.5 Å². The molecule has 0 aromatic carbocycles. The summed E-state index contributed by atoms with van der Waals surface area (Å²) in [6, 6.07) is 0. The molecule has 0 bridgehead atoms. The van der Waals surface area contributed by atoms with E-state index in [2.05, 4.69) is 17.3 Å². The average molecular weight is 289 g/mol. The molecule has 116 valence electrons. The summed E-state index contributed by atoms with van der Waals surface area (Å²) in [6.45, 7) is 0. The van der Waals surface area contributed by atoms with Gasteiger partial charge in [-0.2, -0.15) is 0 Å². The molecule has 1 N–H and O–H groups in total. The Bertz CT molecular complexity index is 434. The summed E-state index contributed by atoms with van der Waals surface area (Å²) < 4.78 is 0. The summed E-state index contributed by atoms with van der Waals surface area (Å²) in [5.74, 6) is 0.841. The zero-order valence-corrected chi connectivity index (χ0v) is 12.9. The highest BCUT2D eigenvalue weighted by Crippen LogP contribution is 2.32. The molecule has 3 aliphatic carbocycles. The van der Waals surface area contributed by atoms with Crippen LogP contribution in [0.25, 0.3) is 0 Å². The standard InChI is InChI=1S/C12H18O.C6H9NO/c13-12-9-5-4-8-11(12)10-6-2-1-3-7-10;8-7-6-4-2-1-3-5-6/h6,11H,1-5,7-9H2;1-2,8H,3-5H2. The van der Waals surface area contributed by atoms with Gasteiger partial charge in [0.1, 0.15) is 5.78 Å². The molecule has 0 heterocycles. The number of carbonyl (C=O) groups excluding carboxylic acids is 1. The SMILES string of the molecule is O=C1CCCCC1C1=CCCCC1.ON=C1CC=CCC1. The lowest BCUT2D eigenvalue weighted by atomic mass is 9.79. The van der Waals surface area contributed by atoms with Crippen LogP contribution in [-0.4, -0.2) is 16.7 Å². The lowest BCUT2D eigenvalue weighted by molar-refractivity contribution is -0.123. The summed E-state index contributed by atoms with van der Waals surface area (Å²) in [5.41, 5.74) is 2.36. The Morgan fingerprint density at radius 1 is 1.00 bits per heavy atom. The minimum Gasteiger partial charge on any atom is -0.411 e. The van der Waals surface area contributed by atoms with E-state index in [0.717, 1.165) is 44.2 Å². The van der Waals surface area contributed by atoms with Crippen molar-refractivity contribution < 1.29 is 10.0 Å².